The zero-order valence-electron chi connectivity index (χ0n) is 16.2. The molecule has 7 fully saturated rings. The van der Waals surface area contributed by atoms with Gasteiger partial charge in [-0.15, -0.1) is 0 Å². The van der Waals surface area contributed by atoms with Crippen LogP contribution in [0.15, 0.2) is 0 Å². The van der Waals surface area contributed by atoms with Gasteiger partial charge in [0.15, 0.2) is 0 Å². The van der Waals surface area contributed by atoms with Crippen molar-refractivity contribution < 1.29 is 19.3 Å². The number of ether oxygens (including phenoxy) is 1. The maximum atomic E-state index is 12.8. The van der Waals surface area contributed by atoms with E-state index in [1.54, 1.807) is 0 Å². The summed E-state index contributed by atoms with van der Waals surface area (Å²) in [6, 6.07) is 0. The van der Waals surface area contributed by atoms with Gasteiger partial charge in [-0.05, 0) is 56.8 Å². The average molecular weight is 376 g/mol. The number of hydrogen-bond donors (Lipinski definition) is 1. The van der Waals surface area contributed by atoms with E-state index in [1.807, 2.05) is 4.90 Å². The van der Waals surface area contributed by atoms with E-state index in [4.69, 9.17) is 14.5 Å². The lowest BCUT2D eigenvalue weighted by molar-refractivity contribution is -0.390. The smallest absolute Gasteiger partial charge is 0.225 e. The van der Waals surface area contributed by atoms with Crippen LogP contribution in [0.25, 0.3) is 0 Å². The number of carbonyl (C=O) groups excluding carboxylic acids is 1. The van der Waals surface area contributed by atoms with Crippen molar-refractivity contribution in [2.24, 2.45) is 29.6 Å². The lowest BCUT2D eigenvalue weighted by atomic mass is 9.53. The normalized spacial score (nSPS) is 51.4. The minimum Gasteiger partial charge on any atom is -0.340 e. The molecule has 0 aromatic heterocycles. The first-order valence-electron chi connectivity index (χ1n) is 11.2. The van der Waals surface area contributed by atoms with Gasteiger partial charge in [0, 0.05) is 56.8 Å². The Morgan fingerprint density at radius 3 is 2.15 bits per heavy atom. The second-order valence-electron chi connectivity index (χ2n) is 10.1. The number of carbonyl (C=O) groups is 1. The lowest BCUT2D eigenvalue weighted by Gasteiger charge is -2.57. The third-order valence-corrected chi connectivity index (χ3v) is 8.47. The molecule has 5 saturated carbocycles. The van der Waals surface area contributed by atoms with Crippen LogP contribution in [-0.2, 0) is 19.3 Å². The molecule has 1 N–H and O–H groups in total. The quantitative estimate of drug-likeness (QED) is 0.713. The number of piperazine rings is 1. The Morgan fingerprint density at radius 2 is 1.52 bits per heavy atom. The molecule has 0 radical (unpaired) electrons. The van der Waals surface area contributed by atoms with Crippen molar-refractivity contribution in [2.45, 2.75) is 69.4 Å². The Morgan fingerprint density at radius 1 is 0.889 bits per heavy atom. The zero-order valence-corrected chi connectivity index (χ0v) is 16.2. The molecule has 7 aliphatic rings. The Bertz CT molecular complexity index is 581. The van der Waals surface area contributed by atoms with Crippen LogP contribution in [0.1, 0.15) is 57.8 Å². The average Bonchev–Trinajstić information content (AvgIpc) is 3.07. The van der Waals surface area contributed by atoms with Crippen molar-refractivity contribution in [1.82, 2.24) is 10.2 Å². The summed E-state index contributed by atoms with van der Waals surface area (Å²) < 4.78 is 6.75. The summed E-state index contributed by atoms with van der Waals surface area (Å²) >= 11 is 0. The zero-order chi connectivity index (χ0) is 18.1. The standard InChI is InChI=1S/C21H32N2O4/c24-19(23-7-5-22-6-8-23)16-1-3-20(4-2-16)25-21(27-26-20)17-10-14-9-15(12-17)13-18(21)11-14/h14-18,22H,1-13H2. The van der Waals surface area contributed by atoms with Crippen molar-refractivity contribution in [3.8, 4) is 0 Å². The monoisotopic (exact) mass is 376 g/mol. The van der Waals surface area contributed by atoms with E-state index in [9.17, 15) is 4.79 Å². The highest BCUT2D eigenvalue weighted by molar-refractivity contribution is 5.79. The minimum atomic E-state index is -0.602. The fourth-order valence-electron chi connectivity index (χ4n) is 7.24. The summed E-state index contributed by atoms with van der Waals surface area (Å²) in [7, 11) is 0. The van der Waals surface area contributed by atoms with Gasteiger partial charge in [-0.3, -0.25) is 4.79 Å². The Labute approximate surface area is 161 Å². The van der Waals surface area contributed by atoms with Gasteiger partial charge in [0.2, 0.25) is 17.5 Å². The predicted molar refractivity (Wildman–Crippen MR) is 97.2 cm³/mol. The van der Waals surface area contributed by atoms with Crippen molar-refractivity contribution >= 4 is 5.91 Å². The van der Waals surface area contributed by atoms with E-state index in [-0.39, 0.29) is 5.92 Å². The molecule has 2 aliphatic heterocycles. The number of hydrogen-bond acceptors (Lipinski definition) is 5. The SMILES string of the molecule is O=C(C1CCC2(CC1)OOC1(O2)C2CC3CC(C2)CC1C3)N1CCNCC1. The van der Waals surface area contributed by atoms with Gasteiger partial charge in [-0.2, -0.15) is 9.78 Å². The van der Waals surface area contributed by atoms with Crippen LogP contribution >= 0.6 is 0 Å². The Balaban J connectivity index is 1.13. The highest BCUT2D eigenvalue weighted by atomic mass is 17.3. The molecule has 6 heteroatoms. The van der Waals surface area contributed by atoms with Crippen LogP contribution in [0.5, 0.6) is 0 Å². The van der Waals surface area contributed by atoms with E-state index >= 15 is 0 Å². The molecular weight excluding hydrogens is 344 g/mol. The molecule has 5 aliphatic carbocycles. The van der Waals surface area contributed by atoms with Gasteiger partial charge in [0.05, 0.1) is 0 Å². The molecule has 0 atom stereocenters. The van der Waals surface area contributed by atoms with Gasteiger partial charge in [-0.1, -0.05) is 0 Å². The van der Waals surface area contributed by atoms with Gasteiger partial charge in [-0.25, -0.2) is 0 Å². The first-order chi connectivity index (χ1) is 13.2. The lowest BCUT2D eigenvalue weighted by Crippen LogP contribution is -2.59. The van der Waals surface area contributed by atoms with E-state index < -0.39 is 11.6 Å². The number of rotatable bonds is 1. The first kappa shape index (κ1) is 17.2. The van der Waals surface area contributed by atoms with E-state index in [0.717, 1.165) is 63.7 Å². The highest BCUT2D eigenvalue weighted by Gasteiger charge is 2.66. The van der Waals surface area contributed by atoms with Gasteiger partial charge in [0.1, 0.15) is 0 Å². The van der Waals surface area contributed by atoms with Gasteiger partial charge >= 0.3 is 0 Å². The molecule has 150 valence electrons. The number of nitrogens with zero attached hydrogens (tertiary/aromatic N) is 1. The Kier molecular flexibility index (Phi) is 3.92. The van der Waals surface area contributed by atoms with Gasteiger partial charge in [0.25, 0.3) is 0 Å². The van der Waals surface area contributed by atoms with Crippen molar-refractivity contribution in [2.75, 3.05) is 26.2 Å². The van der Waals surface area contributed by atoms with E-state index in [2.05, 4.69) is 5.32 Å². The van der Waals surface area contributed by atoms with Crippen LogP contribution in [0.2, 0.25) is 0 Å². The molecule has 6 nitrogen and oxygen atoms in total. The van der Waals surface area contributed by atoms with Crippen molar-refractivity contribution in [1.29, 1.82) is 0 Å². The third kappa shape index (κ3) is 2.63. The third-order valence-electron chi connectivity index (χ3n) is 8.47. The Hall–Kier alpha value is -0.690. The molecule has 27 heavy (non-hydrogen) atoms. The van der Waals surface area contributed by atoms with Crippen LogP contribution in [0, 0.1) is 29.6 Å². The molecule has 2 saturated heterocycles. The highest BCUT2D eigenvalue weighted by Crippen LogP contribution is 2.63. The maximum Gasteiger partial charge on any atom is 0.225 e. The van der Waals surface area contributed by atoms with Gasteiger partial charge < -0.3 is 15.0 Å². The summed E-state index contributed by atoms with van der Waals surface area (Å²) in [5, 5.41) is 3.32. The summed E-state index contributed by atoms with van der Waals surface area (Å²) in [6.07, 6.45) is 9.67. The fraction of sp³-hybridized carbons (Fsp3) is 0.952. The topological polar surface area (TPSA) is 60.0 Å². The number of amides is 1. The summed E-state index contributed by atoms with van der Waals surface area (Å²) in [4.78, 5) is 26.9. The molecule has 0 aromatic rings. The molecule has 2 spiro atoms. The molecule has 1 amide bonds. The van der Waals surface area contributed by atoms with E-state index in [1.165, 1.54) is 32.1 Å². The summed E-state index contributed by atoms with van der Waals surface area (Å²) in [6.45, 7) is 3.50. The summed E-state index contributed by atoms with van der Waals surface area (Å²) in [5.41, 5.74) is 0. The second kappa shape index (κ2) is 6.15. The molecule has 4 bridgehead atoms. The first-order valence-corrected chi connectivity index (χ1v) is 11.2. The van der Waals surface area contributed by atoms with Crippen molar-refractivity contribution in [3.05, 3.63) is 0 Å². The maximum absolute atomic E-state index is 12.8. The molecule has 2 heterocycles. The largest absolute Gasteiger partial charge is 0.340 e. The molecule has 7 rings (SSSR count). The molecule has 0 unspecified atom stereocenters. The predicted octanol–water partition coefficient (Wildman–Crippen LogP) is 2.44. The van der Waals surface area contributed by atoms with Crippen LogP contribution in [0.3, 0.4) is 0 Å². The molecule has 0 aromatic carbocycles. The molecular formula is C21H32N2O4. The summed E-state index contributed by atoms with van der Waals surface area (Å²) in [5.74, 6) is 2.15. The fourth-order valence-corrected chi connectivity index (χ4v) is 7.24. The minimum absolute atomic E-state index is 0.121. The van der Waals surface area contributed by atoms with Crippen LogP contribution < -0.4 is 5.32 Å². The van der Waals surface area contributed by atoms with Crippen LogP contribution in [-0.4, -0.2) is 48.6 Å². The van der Waals surface area contributed by atoms with Crippen molar-refractivity contribution in [3.63, 3.8) is 0 Å². The van der Waals surface area contributed by atoms with E-state index in [0.29, 0.717) is 17.7 Å². The van der Waals surface area contributed by atoms with Crippen LogP contribution in [0.4, 0.5) is 0 Å². The second-order valence-corrected chi connectivity index (χ2v) is 10.1. The number of nitrogens with one attached hydrogen (secondary N) is 1.